The first-order valence-corrected chi connectivity index (χ1v) is 7.35. The first-order valence-electron chi connectivity index (χ1n) is 7.35. The van der Waals surface area contributed by atoms with Crippen molar-refractivity contribution in [3.8, 4) is 0 Å². The van der Waals surface area contributed by atoms with Crippen molar-refractivity contribution >= 4 is 23.4 Å². The highest BCUT2D eigenvalue weighted by Crippen LogP contribution is 2.23. The number of para-hydroxylation sites is 1. The Morgan fingerprint density at radius 3 is 2.57 bits per heavy atom. The maximum Gasteiger partial charge on any atom is 0.326 e. The van der Waals surface area contributed by atoms with Gasteiger partial charge in [-0.25, -0.2) is 4.79 Å². The van der Waals surface area contributed by atoms with Crippen molar-refractivity contribution < 1.29 is 14.7 Å². The van der Waals surface area contributed by atoms with Crippen molar-refractivity contribution in [3.63, 3.8) is 0 Å². The molecule has 1 aliphatic rings. The number of hydrogen-bond donors (Lipinski definition) is 2. The maximum atomic E-state index is 12.1. The molecule has 1 aliphatic heterocycles. The van der Waals surface area contributed by atoms with Crippen LogP contribution in [0.4, 0.5) is 11.5 Å². The first-order chi connectivity index (χ1) is 11.1. The van der Waals surface area contributed by atoms with E-state index in [9.17, 15) is 14.7 Å². The number of rotatable bonds is 4. The second kappa shape index (κ2) is 6.43. The zero-order valence-electron chi connectivity index (χ0n) is 12.3. The number of carbonyl (C=O) groups excluding carboxylic acids is 1. The highest BCUT2D eigenvalue weighted by atomic mass is 16.4. The van der Waals surface area contributed by atoms with E-state index < -0.39 is 12.0 Å². The molecule has 2 aromatic rings. The maximum absolute atomic E-state index is 12.1. The number of carbonyl (C=O) groups is 2. The van der Waals surface area contributed by atoms with Crippen LogP contribution in [0.15, 0.2) is 42.5 Å². The number of carboxylic acid groups (broad SMARTS) is 1. The summed E-state index contributed by atoms with van der Waals surface area (Å²) < 4.78 is 0. The Labute approximate surface area is 133 Å². The van der Waals surface area contributed by atoms with Crippen LogP contribution in [-0.2, 0) is 4.79 Å². The van der Waals surface area contributed by atoms with Crippen molar-refractivity contribution in [2.75, 3.05) is 16.8 Å². The zero-order chi connectivity index (χ0) is 16.2. The number of carboxylic acids is 1. The lowest BCUT2D eigenvalue weighted by Gasteiger charge is -2.21. The number of anilines is 2. The van der Waals surface area contributed by atoms with E-state index in [1.54, 1.807) is 29.2 Å². The number of nitrogens with zero attached hydrogens (tertiary/aromatic N) is 3. The quantitative estimate of drug-likeness (QED) is 0.893. The van der Waals surface area contributed by atoms with Crippen LogP contribution in [0.5, 0.6) is 0 Å². The standard InChI is InChI=1S/C16H16N4O3/c21-15(17-11-5-2-1-3-6-11)12-8-9-14(19-18-12)20-10-4-7-13(20)16(22)23/h1-3,5-6,8-9,13H,4,7,10H2,(H,17,21)(H,22,23). The molecule has 0 spiro atoms. The van der Waals surface area contributed by atoms with Crippen molar-refractivity contribution in [3.05, 3.63) is 48.2 Å². The summed E-state index contributed by atoms with van der Waals surface area (Å²) in [6.07, 6.45) is 1.39. The van der Waals surface area contributed by atoms with Gasteiger partial charge >= 0.3 is 5.97 Å². The number of aliphatic carboxylic acids is 1. The minimum atomic E-state index is -0.866. The van der Waals surface area contributed by atoms with E-state index in [1.807, 2.05) is 18.2 Å². The molecule has 0 aliphatic carbocycles. The predicted octanol–water partition coefficient (Wildman–Crippen LogP) is 1.78. The molecule has 0 saturated carbocycles. The zero-order valence-corrected chi connectivity index (χ0v) is 12.3. The number of aromatic nitrogens is 2. The van der Waals surface area contributed by atoms with Crippen LogP contribution in [0.1, 0.15) is 23.3 Å². The normalized spacial score (nSPS) is 17.0. The molecule has 7 heteroatoms. The second-order valence-electron chi connectivity index (χ2n) is 5.29. The molecule has 7 nitrogen and oxygen atoms in total. The lowest BCUT2D eigenvalue weighted by Crippen LogP contribution is -2.36. The van der Waals surface area contributed by atoms with Crippen molar-refractivity contribution in [1.29, 1.82) is 0 Å². The molecule has 2 N–H and O–H groups in total. The average Bonchev–Trinajstić information content (AvgIpc) is 3.06. The van der Waals surface area contributed by atoms with Gasteiger partial charge in [-0.2, -0.15) is 0 Å². The molecule has 1 aromatic heterocycles. The molecule has 0 bridgehead atoms. The summed E-state index contributed by atoms with van der Waals surface area (Å²) in [7, 11) is 0. The fourth-order valence-electron chi connectivity index (χ4n) is 2.61. The molecule has 1 atom stereocenters. The van der Waals surface area contributed by atoms with Crippen molar-refractivity contribution in [2.45, 2.75) is 18.9 Å². The topological polar surface area (TPSA) is 95.4 Å². The van der Waals surface area contributed by atoms with Crippen molar-refractivity contribution in [2.24, 2.45) is 0 Å². The summed E-state index contributed by atoms with van der Waals surface area (Å²) >= 11 is 0. The van der Waals surface area contributed by atoms with Crippen LogP contribution >= 0.6 is 0 Å². The van der Waals surface area contributed by atoms with E-state index in [0.29, 0.717) is 24.5 Å². The summed E-state index contributed by atoms with van der Waals surface area (Å²) in [5, 5.41) is 19.8. The smallest absolute Gasteiger partial charge is 0.326 e. The van der Waals surface area contributed by atoms with Crippen LogP contribution in [0, 0.1) is 0 Å². The summed E-state index contributed by atoms with van der Waals surface area (Å²) in [5.74, 6) is -0.743. The van der Waals surface area contributed by atoms with E-state index >= 15 is 0 Å². The van der Waals surface area contributed by atoms with E-state index in [-0.39, 0.29) is 11.6 Å². The molecule has 3 rings (SSSR count). The third kappa shape index (κ3) is 3.28. The molecule has 1 amide bonds. The Morgan fingerprint density at radius 2 is 1.91 bits per heavy atom. The second-order valence-corrected chi connectivity index (χ2v) is 5.29. The Morgan fingerprint density at radius 1 is 1.13 bits per heavy atom. The summed E-state index contributed by atoms with van der Waals surface area (Å²) in [5.41, 5.74) is 0.859. The lowest BCUT2D eigenvalue weighted by molar-refractivity contribution is -0.138. The van der Waals surface area contributed by atoms with Gasteiger partial charge in [-0.3, -0.25) is 4.79 Å². The van der Waals surface area contributed by atoms with E-state index in [4.69, 9.17) is 0 Å². The molecule has 1 fully saturated rings. The summed E-state index contributed by atoms with van der Waals surface area (Å²) in [6.45, 7) is 0.626. The minimum absolute atomic E-state index is 0.184. The monoisotopic (exact) mass is 312 g/mol. The van der Waals surface area contributed by atoms with Gasteiger partial charge in [0.25, 0.3) is 5.91 Å². The van der Waals surface area contributed by atoms with Gasteiger partial charge in [-0.15, -0.1) is 10.2 Å². The highest BCUT2D eigenvalue weighted by Gasteiger charge is 2.31. The van der Waals surface area contributed by atoms with Gasteiger partial charge in [0.05, 0.1) is 0 Å². The number of benzene rings is 1. The van der Waals surface area contributed by atoms with Gasteiger partial charge in [0.1, 0.15) is 6.04 Å². The van der Waals surface area contributed by atoms with E-state index in [2.05, 4.69) is 15.5 Å². The van der Waals surface area contributed by atoms with Crippen LogP contribution in [0.25, 0.3) is 0 Å². The van der Waals surface area contributed by atoms with Crippen molar-refractivity contribution in [1.82, 2.24) is 10.2 Å². The Balaban J connectivity index is 1.72. The third-order valence-electron chi connectivity index (χ3n) is 3.75. The Bertz CT molecular complexity index is 703. The molecular formula is C16H16N4O3. The number of amides is 1. The molecule has 1 unspecified atom stereocenters. The average molecular weight is 312 g/mol. The van der Waals surface area contributed by atoms with Crippen LogP contribution in [0.3, 0.4) is 0 Å². The van der Waals surface area contributed by atoms with Crippen LogP contribution < -0.4 is 10.2 Å². The highest BCUT2D eigenvalue weighted by molar-refractivity contribution is 6.02. The van der Waals surface area contributed by atoms with E-state index in [0.717, 1.165) is 6.42 Å². The fraction of sp³-hybridized carbons (Fsp3) is 0.250. The predicted molar refractivity (Wildman–Crippen MR) is 84.4 cm³/mol. The molecule has 1 aromatic carbocycles. The Kier molecular flexibility index (Phi) is 4.18. The van der Waals surface area contributed by atoms with E-state index in [1.165, 1.54) is 0 Å². The van der Waals surface area contributed by atoms with Crippen LogP contribution in [0.2, 0.25) is 0 Å². The summed E-state index contributed by atoms with van der Waals surface area (Å²) in [6, 6.07) is 11.7. The molecule has 1 saturated heterocycles. The Hall–Kier alpha value is -2.96. The minimum Gasteiger partial charge on any atom is -0.480 e. The van der Waals surface area contributed by atoms with Crippen LogP contribution in [-0.4, -0.2) is 39.8 Å². The van der Waals surface area contributed by atoms with Gasteiger partial charge < -0.3 is 15.3 Å². The lowest BCUT2D eigenvalue weighted by atomic mass is 10.2. The van der Waals surface area contributed by atoms with Gasteiger partial charge in [-0.1, -0.05) is 18.2 Å². The fourth-order valence-corrected chi connectivity index (χ4v) is 2.61. The molecule has 23 heavy (non-hydrogen) atoms. The molecule has 0 radical (unpaired) electrons. The van der Waals surface area contributed by atoms with Gasteiger partial charge in [0.2, 0.25) is 0 Å². The number of nitrogens with one attached hydrogen (secondary N) is 1. The summed E-state index contributed by atoms with van der Waals surface area (Å²) in [4.78, 5) is 25.0. The molecular weight excluding hydrogens is 296 g/mol. The SMILES string of the molecule is O=C(Nc1ccccc1)c1ccc(N2CCCC2C(=O)O)nn1. The largest absolute Gasteiger partial charge is 0.480 e. The van der Waals surface area contributed by atoms with Gasteiger partial charge in [0.15, 0.2) is 11.5 Å². The first kappa shape index (κ1) is 15.0. The van der Waals surface area contributed by atoms with Gasteiger partial charge in [-0.05, 0) is 37.1 Å². The molecule has 118 valence electrons. The molecule has 2 heterocycles. The van der Waals surface area contributed by atoms with Gasteiger partial charge in [0, 0.05) is 12.2 Å². The number of hydrogen-bond acceptors (Lipinski definition) is 5. The third-order valence-corrected chi connectivity index (χ3v) is 3.75.